The molecule has 0 bridgehead atoms. The number of aliphatic hydroxyl groups is 1. The molecule has 0 rings (SSSR count). The summed E-state index contributed by atoms with van der Waals surface area (Å²) in [4.78, 5) is 15.0. The molecule has 0 radical (unpaired) electrons. The first-order valence-corrected chi connectivity index (χ1v) is 4.81. The Morgan fingerprint density at radius 3 is 2.79 bits per heavy atom. The lowest BCUT2D eigenvalue weighted by molar-refractivity contribution is -0.121. The molecule has 0 aliphatic heterocycles. The molecular weight excluding hydrogens is 182 g/mol. The van der Waals surface area contributed by atoms with E-state index in [4.69, 9.17) is 10.8 Å². The Bertz CT molecular complexity index is 188. The molecule has 0 heterocycles. The Hall–Kier alpha value is -1.10. The third kappa shape index (κ3) is 8.99. The van der Waals surface area contributed by atoms with Gasteiger partial charge < -0.3 is 16.2 Å². The maximum atomic E-state index is 11.0. The van der Waals surface area contributed by atoms with E-state index in [-0.39, 0.29) is 12.5 Å². The van der Waals surface area contributed by atoms with E-state index in [0.717, 1.165) is 12.8 Å². The zero-order valence-corrected chi connectivity index (χ0v) is 8.62. The number of carbonyl (C=O) groups excluding carboxylic acids is 1. The molecule has 5 heteroatoms. The van der Waals surface area contributed by atoms with Crippen molar-refractivity contribution in [3.05, 3.63) is 0 Å². The molecule has 0 aliphatic rings. The van der Waals surface area contributed by atoms with Crippen molar-refractivity contribution in [1.29, 1.82) is 0 Å². The van der Waals surface area contributed by atoms with Crippen LogP contribution in [0.2, 0.25) is 0 Å². The lowest BCUT2D eigenvalue weighted by Crippen LogP contribution is -2.25. The van der Waals surface area contributed by atoms with Crippen molar-refractivity contribution in [2.24, 2.45) is 10.7 Å². The van der Waals surface area contributed by atoms with E-state index in [1.165, 1.54) is 0 Å². The number of rotatable bonds is 7. The summed E-state index contributed by atoms with van der Waals surface area (Å²) >= 11 is 0. The monoisotopic (exact) mass is 201 g/mol. The van der Waals surface area contributed by atoms with Crippen LogP contribution >= 0.6 is 0 Å². The van der Waals surface area contributed by atoms with Crippen LogP contribution < -0.4 is 11.1 Å². The van der Waals surface area contributed by atoms with E-state index in [1.54, 1.807) is 6.92 Å². The van der Waals surface area contributed by atoms with E-state index in [1.807, 2.05) is 0 Å². The lowest BCUT2D eigenvalue weighted by atomic mass is 10.2. The van der Waals surface area contributed by atoms with E-state index >= 15 is 0 Å². The van der Waals surface area contributed by atoms with Crippen LogP contribution in [-0.2, 0) is 4.79 Å². The van der Waals surface area contributed by atoms with Gasteiger partial charge in [-0.05, 0) is 19.8 Å². The minimum atomic E-state index is -0.0208. The minimum Gasteiger partial charge on any atom is -0.395 e. The summed E-state index contributed by atoms with van der Waals surface area (Å²) in [6.07, 6.45) is 2.15. The molecule has 1 amide bonds. The second-order valence-corrected chi connectivity index (χ2v) is 3.05. The molecule has 82 valence electrons. The highest BCUT2D eigenvalue weighted by atomic mass is 16.3. The fourth-order valence-electron chi connectivity index (χ4n) is 0.936. The summed E-state index contributed by atoms with van der Waals surface area (Å²) in [7, 11) is 0. The third-order valence-electron chi connectivity index (χ3n) is 1.61. The Morgan fingerprint density at radius 2 is 2.21 bits per heavy atom. The lowest BCUT2D eigenvalue weighted by Gasteiger charge is -2.01. The highest BCUT2D eigenvalue weighted by molar-refractivity contribution is 5.77. The normalized spacial score (nSPS) is 11.4. The zero-order chi connectivity index (χ0) is 10.8. The van der Waals surface area contributed by atoms with Crippen molar-refractivity contribution in [2.75, 3.05) is 19.7 Å². The van der Waals surface area contributed by atoms with Gasteiger partial charge in [0.25, 0.3) is 0 Å². The van der Waals surface area contributed by atoms with Gasteiger partial charge in [0.15, 0.2) is 0 Å². The number of amides is 1. The van der Waals surface area contributed by atoms with E-state index in [2.05, 4.69) is 10.3 Å². The van der Waals surface area contributed by atoms with Gasteiger partial charge in [0, 0.05) is 19.5 Å². The number of nitrogens with zero attached hydrogens (tertiary/aromatic N) is 1. The fourth-order valence-corrected chi connectivity index (χ4v) is 0.936. The zero-order valence-electron chi connectivity index (χ0n) is 8.62. The molecule has 0 spiro atoms. The van der Waals surface area contributed by atoms with Crippen LogP contribution in [0.4, 0.5) is 0 Å². The van der Waals surface area contributed by atoms with Crippen LogP contribution in [-0.4, -0.2) is 36.5 Å². The summed E-state index contributed by atoms with van der Waals surface area (Å²) in [5.74, 6) is 0.558. The number of hydrogen-bond acceptors (Lipinski definition) is 3. The van der Waals surface area contributed by atoms with Crippen molar-refractivity contribution in [1.82, 2.24) is 5.32 Å². The van der Waals surface area contributed by atoms with E-state index in [0.29, 0.717) is 25.3 Å². The molecular formula is C9H19N3O2. The summed E-state index contributed by atoms with van der Waals surface area (Å²) < 4.78 is 0. The molecule has 14 heavy (non-hydrogen) atoms. The molecule has 0 aliphatic carbocycles. The van der Waals surface area contributed by atoms with Gasteiger partial charge in [-0.15, -0.1) is 0 Å². The average Bonchev–Trinajstić information content (AvgIpc) is 2.13. The van der Waals surface area contributed by atoms with Crippen LogP contribution in [0.1, 0.15) is 26.2 Å². The number of carbonyl (C=O) groups is 1. The predicted molar refractivity (Wildman–Crippen MR) is 56.1 cm³/mol. The SMILES string of the molecule is CC(N)=NCCCCC(=O)NCCO. The molecule has 0 saturated heterocycles. The van der Waals surface area contributed by atoms with Crippen molar-refractivity contribution in [2.45, 2.75) is 26.2 Å². The fraction of sp³-hybridized carbons (Fsp3) is 0.778. The van der Waals surface area contributed by atoms with Gasteiger partial charge in [-0.1, -0.05) is 0 Å². The molecule has 4 N–H and O–H groups in total. The van der Waals surface area contributed by atoms with Gasteiger partial charge >= 0.3 is 0 Å². The summed E-state index contributed by atoms with van der Waals surface area (Å²) in [6.45, 7) is 2.74. The largest absolute Gasteiger partial charge is 0.395 e. The van der Waals surface area contributed by atoms with Crippen molar-refractivity contribution in [3.8, 4) is 0 Å². The minimum absolute atomic E-state index is 0.0115. The Morgan fingerprint density at radius 1 is 1.50 bits per heavy atom. The van der Waals surface area contributed by atoms with Crippen LogP contribution in [0.3, 0.4) is 0 Å². The Balaban J connectivity index is 3.27. The second-order valence-electron chi connectivity index (χ2n) is 3.05. The summed E-state index contributed by atoms with van der Waals surface area (Å²) in [5, 5.41) is 11.0. The van der Waals surface area contributed by atoms with E-state index in [9.17, 15) is 4.79 Å². The number of hydrogen-bond donors (Lipinski definition) is 3. The van der Waals surface area contributed by atoms with Gasteiger partial charge in [-0.3, -0.25) is 9.79 Å². The molecule has 0 atom stereocenters. The Kier molecular flexibility index (Phi) is 7.83. The number of aliphatic imine (C=N–C) groups is 1. The van der Waals surface area contributed by atoms with Gasteiger partial charge in [0.1, 0.15) is 0 Å². The predicted octanol–water partition coefficient (Wildman–Crippen LogP) is -0.358. The van der Waals surface area contributed by atoms with Crippen molar-refractivity contribution >= 4 is 11.7 Å². The molecule has 0 unspecified atom stereocenters. The van der Waals surface area contributed by atoms with Gasteiger partial charge in [-0.25, -0.2) is 0 Å². The van der Waals surface area contributed by atoms with Gasteiger partial charge in [-0.2, -0.15) is 0 Å². The smallest absolute Gasteiger partial charge is 0.220 e. The first kappa shape index (κ1) is 12.9. The van der Waals surface area contributed by atoms with Crippen LogP contribution in [0.5, 0.6) is 0 Å². The number of amidine groups is 1. The standard InChI is InChI=1S/C9H19N3O2/c1-8(10)11-5-3-2-4-9(14)12-6-7-13/h13H,2-7H2,1H3,(H2,10,11)(H,12,14). The van der Waals surface area contributed by atoms with Crippen LogP contribution in [0.25, 0.3) is 0 Å². The molecule has 0 aromatic heterocycles. The van der Waals surface area contributed by atoms with Crippen LogP contribution in [0, 0.1) is 0 Å². The molecule has 0 saturated carbocycles. The summed E-state index contributed by atoms with van der Waals surface area (Å²) in [5.41, 5.74) is 5.34. The van der Waals surface area contributed by atoms with Crippen molar-refractivity contribution in [3.63, 3.8) is 0 Å². The van der Waals surface area contributed by atoms with Crippen molar-refractivity contribution < 1.29 is 9.90 Å². The number of nitrogens with two attached hydrogens (primary N) is 1. The Labute approximate surface area is 84.4 Å². The van der Waals surface area contributed by atoms with Crippen LogP contribution in [0.15, 0.2) is 4.99 Å². The third-order valence-corrected chi connectivity index (χ3v) is 1.61. The molecule has 0 aromatic carbocycles. The van der Waals surface area contributed by atoms with E-state index < -0.39 is 0 Å². The molecule has 5 nitrogen and oxygen atoms in total. The number of nitrogens with one attached hydrogen (secondary N) is 1. The molecule has 0 fully saturated rings. The highest BCUT2D eigenvalue weighted by Crippen LogP contribution is 1.95. The average molecular weight is 201 g/mol. The topological polar surface area (TPSA) is 87.7 Å². The molecule has 0 aromatic rings. The number of unbranched alkanes of at least 4 members (excludes halogenated alkanes) is 1. The quantitative estimate of drug-likeness (QED) is 0.299. The van der Waals surface area contributed by atoms with Gasteiger partial charge in [0.2, 0.25) is 5.91 Å². The second kappa shape index (κ2) is 8.50. The van der Waals surface area contributed by atoms with Gasteiger partial charge in [0.05, 0.1) is 12.4 Å². The maximum Gasteiger partial charge on any atom is 0.220 e. The first-order chi connectivity index (χ1) is 6.66. The first-order valence-electron chi connectivity index (χ1n) is 4.81. The number of aliphatic hydroxyl groups excluding tert-OH is 1. The maximum absolute atomic E-state index is 11.0. The highest BCUT2D eigenvalue weighted by Gasteiger charge is 1.98. The summed E-state index contributed by atoms with van der Waals surface area (Å²) in [6, 6.07) is 0.